The average molecular weight is 463 g/mol. The van der Waals surface area contributed by atoms with Crippen molar-refractivity contribution in [2.75, 3.05) is 6.61 Å². The van der Waals surface area contributed by atoms with E-state index < -0.39 is 16.0 Å². The van der Waals surface area contributed by atoms with E-state index in [0.717, 1.165) is 9.54 Å². The first-order chi connectivity index (χ1) is 16.0. The van der Waals surface area contributed by atoms with Crippen molar-refractivity contribution < 1.29 is 22.7 Å². The molecule has 7 nitrogen and oxygen atoms in total. The summed E-state index contributed by atoms with van der Waals surface area (Å²) in [4.78, 5) is 16.3. The molecule has 0 aliphatic carbocycles. The van der Waals surface area contributed by atoms with Crippen molar-refractivity contribution >= 4 is 33.1 Å². The van der Waals surface area contributed by atoms with Crippen molar-refractivity contribution in [3.63, 3.8) is 0 Å². The highest BCUT2D eigenvalue weighted by atomic mass is 32.2. The lowest BCUT2D eigenvalue weighted by Crippen LogP contribution is -2.15. The molecule has 0 aliphatic heterocycles. The number of rotatable bonds is 8. The molecule has 0 amide bonds. The molecule has 8 heteroatoms. The van der Waals surface area contributed by atoms with Gasteiger partial charge >= 0.3 is 5.97 Å². The fourth-order valence-electron chi connectivity index (χ4n) is 3.30. The Morgan fingerprint density at radius 1 is 1.03 bits per heavy atom. The maximum absolute atomic E-state index is 13.4. The van der Waals surface area contributed by atoms with Gasteiger partial charge in [-0.3, -0.25) is 0 Å². The molecule has 0 radical (unpaired) electrons. The Kier molecular flexibility index (Phi) is 6.55. The van der Waals surface area contributed by atoms with Gasteiger partial charge in [-0.15, -0.1) is 0 Å². The second-order valence-electron chi connectivity index (χ2n) is 7.10. The van der Waals surface area contributed by atoms with Crippen LogP contribution in [0.1, 0.15) is 18.2 Å². The van der Waals surface area contributed by atoms with Crippen molar-refractivity contribution in [3.8, 4) is 5.75 Å². The number of carbonyl (C=O) groups is 1. The number of nitrogens with zero attached hydrogens (tertiary/aromatic N) is 2. The number of ether oxygens (including phenoxy) is 2. The van der Waals surface area contributed by atoms with Gasteiger partial charge in [0.2, 0.25) is 0 Å². The van der Waals surface area contributed by atoms with Crippen LogP contribution in [0.5, 0.6) is 5.75 Å². The third-order valence-electron chi connectivity index (χ3n) is 4.81. The van der Waals surface area contributed by atoms with Crippen LogP contribution in [0.15, 0.2) is 90.0 Å². The Bertz CT molecular complexity index is 1400. The second-order valence-corrected chi connectivity index (χ2v) is 8.88. The minimum Gasteiger partial charge on any atom is -0.487 e. The first-order valence-corrected chi connectivity index (χ1v) is 11.8. The molecule has 4 aromatic rings. The molecule has 0 spiro atoms. The molecule has 2 aromatic heterocycles. The fourth-order valence-corrected chi connectivity index (χ4v) is 4.78. The number of pyridine rings is 1. The van der Waals surface area contributed by atoms with Gasteiger partial charge in [-0.2, -0.15) is 0 Å². The Morgan fingerprint density at radius 3 is 2.42 bits per heavy atom. The quantitative estimate of drug-likeness (QED) is 0.284. The molecule has 0 saturated heterocycles. The van der Waals surface area contributed by atoms with Gasteiger partial charge in [0.1, 0.15) is 12.4 Å². The Morgan fingerprint density at radius 2 is 1.73 bits per heavy atom. The van der Waals surface area contributed by atoms with Crippen LogP contribution < -0.4 is 4.74 Å². The summed E-state index contributed by atoms with van der Waals surface area (Å²) in [6.07, 6.45) is 4.09. The SMILES string of the molecule is CCOC(=O)/C=C/c1cc2cc(OCc3ccccc3)cnc2n1S(=O)(=O)c1ccccc1. The zero-order valence-corrected chi connectivity index (χ0v) is 18.7. The summed E-state index contributed by atoms with van der Waals surface area (Å²) in [6.45, 7) is 2.27. The van der Waals surface area contributed by atoms with Crippen LogP contribution in [0.3, 0.4) is 0 Å². The summed E-state index contributed by atoms with van der Waals surface area (Å²) >= 11 is 0. The van der Waals surface area contributed by atoms with Crippen LogP contribution in [0.25, 0.3) is 17.1 Å². The van der Waals surface area contributed by atoms with E-state index in [1.54, 1.807) is 37.3 Å². The maximum atomic E-state index is 13.4. The monoisotopic (exact) mass is 462 g/mol. The maximum Gasteiger partial charge on any atom is 0.330 e. The fraction of sp³-hybridized carbons (Fsp3) is 0.120. The lowest BCUT2D eigenvalue weighted by atomic mass is 10.2. The molecule has 0 bridgehead atoms. The Hall–Kier alpha value is -3.91. The lowest BCUT2D eigenvalue weighted by molar-refractivity contribution is -0.137. The first kappa shape index (κ1) is 22.3. The standard InChI is InChI=1S/C25H22N2O5S/c1-2-31-24(28)14-13-21-15-20-16-22(32-18-19-9-5-3-6-10-19)17-26-25(20)27(21)33(29,30)23-11-7-4-8-12-23/h3-17H,2,18H2,1H3/b14-13+. The van der Waals surface area contributed by atoms with Crippen molar-refractivity contribution in [2.45, 2.75) is 18.4 Å². The smallest absolute Gasteiger partial charge is 0.330 e. The van der Waals surface area contributed by atoms with Crippen LogP contribution in [0.4, 0.5) is 0 Å². The van der Waals surface area contributed by atoms with Gasteiger partial charge in [-0.1, -0.05) is 48.5 Å². The normalized spacial score (nSPS) is 11.7. The van der Waals surface area contributed by atoms with Crippen LogP contribution >= 0.6 is 0 Å². The number of hydrogen-bond donors (Lipinski definition) is 0. The van der Waals surface area contributed by atoms with Gasteiger partial charge in [0.25, 0.3) is 10.0 Å². The summed E-state index contributed by atoms with van der Waals surface area (Å²) < 4.78 is 38.8. The zero-order valence-electron chi connectivity index (χ0n) is 17.9. The van der Waals surface area contributed by atoms with Crippen LogP contribution in [0, 0.1) is 0 Å². The minimum absolute atomic E-state index is 0.111. The molecule has 0 atom stereocenters. The molecule has 0 fully saturated rings. The molecular weight excluding hydrogens is 440 g/mol. The molecular formula is C25H22N2O5S. The van der Waals surface area contributed by atoms with Crippen molar-refractivity contribution in [2.24, 2.45) is 0 Å². The summed E-state index contributed by atoms with van der Waals surface area (Å²) in [7, 11) is -3.97. The van der Waals surface area contributed by atoms with E-state index in [-0.39, 0.29) is 22.8 Å². The third kappa shape index (κ3) is 4.96. The zero-order chi connectivity index (χ0) is 23.3. The number of hydrogen-bond acceptors (Lipinski definition) is 6. The number of esters is 1. The van der Waals surface area contributed by atoms with Crippen LogP contribution in [-0.2, 0) is 26.2 Å². The number of carbonyl (C=O) groups excluding carboxylic acids is 1. The molecule has 33 heavy (non-hydrogen) atoms. The van der Waals surface area contributed by atoms with E-state index >= 15 is 0 Å². The summed E-state index contributed by atoms with van der Waals surface area (Å²) in [5, 5.41) is 0.559. The van der Waals surface area contributed by atoms with E-state index in [0.29, 0.717) is 17.7 Å². The second kappa shape index (κ2) is 9.70. The van der Waals surface area contributed by atoms with Crippen molar-refractivity contribution in [3.05, 3.63) is 96.3 Å². The van der Waals surface area contributed by atoms with E-state index in [1.165, 1.54) is 30.5 Å². The van der Waals surface area contributed by atoms with E-state index in [2.05, 4.69) is 4.98 Å². The molecule has 2 heterocycles. The molecule has 0 N–H and O–H groups in total. The third-order valence-corrected chi connectivity index (χ3v) is 6.54. The predicted octanol–water partition coefficient (Wildman–Crippen LogP) is 4.43. The lowest BCUT2D eigenvalue weighted by Gasteiger charge is -2.10. The van der Waals surface area contributed by atoms with Gasteiger partial charge in [0, 0.05) is 11.5 Å². The number of fused-ring (bicyclic) bond motifs is 1. The van der Waals surface area contributed by atoms with E-state index in [1.807, 2.05) is 30.3 Å². The Labute approximate surface area is 192 Å². The van der Waals surface area contributed by atoms with Gasteiger partial charge in [-0.25, -0.2) is 22.2 Å². The first-order valence-electron chi connectivity index (χ1n) is 10.3. The number of benzene rings is 2. The van der Waals surface area contributed by atoms with Crippen LogP contribution in [0.2, 0.25) is 0 Å². The molecule has 168 valence electrons. The van der Waals surface area contributed by atoms with Crippen molar-refractivity contribution in [1.29, 1.82) is 0 Å². The van der Waals surface area contributed by atoms with Crippen LogP contribution in [-0.4, -0.2) is 30.0 Å². The van der Waals surface area contributed by atoms with Gasteiger partial charge in [0.05, 0.1) is 23.4 Å². The Balaban J connectivity index is 1.76. The summed E-state index contributed by atoms with van der Waals surface area (Å²) in [6, 6.07) is 21.1. The van der Waals surface area contributed by atoms with Gasteiger partial charge < -0.3 is 9.47 Å². The highest BCUT2D eigenvalue weighted by molar-refractivity contribution is 7.90. The van der Waals surface area contributed by atoms with E-state index in [4.69, 9.17) is 9.47 Å². The summed E-state index contributed by atoms with van der Waals surface area (Å²) in [5.41, 5.74) is 1.50. The largest absolute Gasteiger partial charge is 0.487 e. The molecule has 2 aromatic carbocycles. The number of aromatic nitrogens is 2. The molecule has 0 aliphatic rings. The highest BCUT2D eigenvalue weighted by Gasteiger charge is 2.23. The van der Waals surface area contributed by atoms with Gasteiger partial charge in [-0.05, 0) is 42.8 Å². The molecule has 4 rings (SSSR count). The minimum atomic E-state index is -3.97. The molecule has 0 unspecified atom stereocenters. The predicted molar refractivity (Wildman–Crippen MR) is 125 cm³/mol. The topological polar surface area (TPSA) is 87.5 Å². The average Bonchev–Trinajstić information content (AvgIpc) is 3.21. The highest BCUT2D eigenvalue weighted by Crippen LogP contribution is 2.28. The van der Waals surface area contributed by atoms with Crippen molar-refractivity contribution in [1.82, 2.24) is 8.96 Å². The van der Waals surface area contributed by atoms with Gasteiger partial charge in [0.15, 0.2) is 5.65 Å². The summed E-state index contributed by atoms with van der Waals surface area (Å²) in [5.74, 6) is -0.0622. The van der Waals surface area contributed by atoms with E-state index in [9.17, 15) is 13.2 Å². The molecule has 0 saturated carbocycles.